The van der Waals surface area contributed by atoms with E-state index < -0.39 is 5.97 Å². The highest BCUT2D eigenvalue weighted by Gasteiger charge is 2.13. The molecule has 0 spiro atoms. The standard InChI is InChI=1S/C10H9BrO4/c1-5(10(13)14)6-3-7(11)9(12)8(4-6)15-2/h3-4,12H,1H2,2H3,(H,13,14). The summed E-state index contributed by atoms with van der Waals surface area (Å²) >= 11 is 3.09. The van der Waals surface area contributed by atoms with Gasteiger partial charge in [0.05, 0.1) is 17.2 Å². The van der Waals surface area contributed by atoms with Gasteiger partial charge in [-0.3, -0.25) is 0 Å². The van der Waals surface area contributed by atoms with Crippen molar-refractivity contribution in [2.75, 3.05) is 7.11 Å². The van der Waals surface area contributed by atoms with Gasteiger partial charge in [0.2, 0.25) is 0 Å². The third kappa shape index (κ3) is 2.30. The molecule has 2 N–H and O–H groups in total. The van der Waals surface area contributed by atoms with Gasteiger partial charge in [0, 0.05) is 0 Å². The second-order valence-electron chi connectivity index (χ2n) is 2.79. The Hall–Kier alpha value is -1.49. The van der Waals surface area contributed by atoms with Gasteiger partial charge >= 0.3 is 5.97 Å². The number of aliphatic carboxylic acids is 1. The summed E-state index contributed by atoms with van der Waals surface area (Å²) in [5.41, 5.74) is 0.318. The van der Waals surface area contributed by atoms with Crippen LogP contribution in [0.3, 0.4) is 0 Å². The summed E-state index contributed by atoms with van der Waals surface area (Å²) in [6.07, 6.45) is 0. The van der Waals surface area contributed by atoms with Gasteiger partial charge in [-0.1, -0.05) is 6.58 Å². The summed E-state index contributed by atoms with van der Waals surface area (Å²) in [6, 6.07) is 2.88. The number of hydrogen-bond donors (Lipinski definition) is 2. The third-order valence-electron chi connectivity index (χ3n) is 1.85. The van der Waals surface area contributed by atoms with Crippen LogP contribution in [0.2, 0.25) is 0 Å². The van der Waals surface area contributed by atoms with E-state index in [-0.39, 0.29) is 17.1 Å². The number of hydrogen-bond acceptors (Lipinski definition) is 3. The molecule has 1 aromatic rings. The number of phenols is 1. The monoisotopic (exact) mass is 272 g/mol. The second kappa shape index (κ2) is 4.35. The van der Waals surface area contributed by atoms with Gasteiger partial charge in [0.15, 0.2) is 11.5 Å². The van der Waals surface area contributed by atoms with Crippen LogP contribution < -0.4 is 4.74 Å². The van der Waals surface area contributed by atoms with E-state index in [1.165, 1.54) is 19.2 Å². The van der Waals surface area contributed by atoms with Crippen molar-refractivity contribution in [3.8, 4) is 11.5 Å². The molecule has 1 aromatic carbocycles. The number of halogens is 1. The highest BCUT2D eigenvalue weighted by molar-refractivity contribution is 9.10. The Morgan fingerprint density at radius 3 is 2.60 bits per heavy atom. The number of methoxy groups -OCH3 is 1. The number of carbonyl (C=O) groups is 1. The molecular formula is C10H9BrO4. The molecule has 5 heteroatoms. The topological polar surface area (TPSA) is 66.8 Å². The molecule has 0 aliphatic heterocycles. The molecule has 0 aliphatic rings. The zero-order valence-corrected chi connectivity index (χ0v) is 9.54. The maximum absolute atomic E-state index is 10.7. The lowest BCUT2D eigenvalue weighted by Gasteiger charge is -2.08. The number of ether oxygens (including phenoxy) is 1. The fourth-order valence-electron chi connectivity index (χ4n) is 1.03. The maximum Gasteiger partial charge on any atom is 0.335 e. The molecule has 80 valence electrons. The molecule has 0 radical (unpaired) electrons. The average molecular weight is 273 g/mol. The van der Waals surface area contributed by atoms with E-state index in [4.69, 9.17) is 9.84 Å². The molecule has 15 heavy (non-hydrogen) atoms. The van der Waals surface area contributed by atoms with Gasteiger partial charge in [0.25, 0.3) is 0 Å². The summed E-state index contributed by atoms with van der Waals surface area (Å²) in [6.45, 7) is 3.41. The molecule has 0 fully saturated rings. The summed E-state index contributed by atoms with van der Waals surface area (Å²) < 4.78 is 5.24. The van der Waals surface area contributed by atoms with Crippen molar-refractivity contribution >= 4 is 27.5 Å². The molecule has 0 aliphatic carbocycles. The first-order valence-electron chi connectivity index (χ1n) is 3.96. The molecule has 0 heterocycles. The van der Waals surface area contributed by atoms with Crippen molar-refractivity contribution in [3.63, 3.8) is 0 Å². The first-order chi connectivity index (χ1) is 6.97. The Morgan fingerprint density at radius 1 is 1.53 bits per heavy atom. The van der Waals surface area contributed by atoms with Crippen LogP contribution >= 0.6 is 15.9 Å². The third-order valence-corrected chi connectivity index (χ3v) is 2.46. The van der Waals surface area contributed by atoms with Crippen molar-refractivity contribution in [1.29, 1.82) is 0 Å². The van der Waals surface area contributed by atoms with Crippen molar-refractivity contribution in [2.45, 2.75) is 0 Å². The highest BCUT2D eigenvalue weighted by Crippen LogP contribution is 2.36. The van der Waals surface area contributed by atoms with Gasteiger partial charge in [-0.15, -0.1) is 0 Å². The first-order valence-corrected chi connectivity index (χ1v) is 4.75. The van der Waals surface area contributed by atoms with Gasteiger partial charge in [0.1, 0.15) is 0 Å². The Kier molecular flexibility index (Phi) is 3.36. The van der Waals surface area contributed by atoms with Crippen LogP contribution in [0, 0.1) is 0 Å². The molecule has 0 aromatic heterocycles. The number of rotatable bonds is 3. The van der Waals surface area contributed by atoms with Gasteiger partial charge in [-0.2, -0.15) is 0 Å². The van der Waals surface area contributed by atoms with E-state index in [0.717, 1.165) is 0 Å². The minimum absolute atomic E-state index is 0.0611. The van der Waals surface area contributed by atoms with Crippen molar-refractivity contribution in [3.05, 3.63) is 28.7 Å². The Morgan fingerprint density at radius 2 is 2.13 bits per heavy atom. The average Bonchev–Trinajstić information content (AvgIpc) is 2.20. The molecule has 0 atom stereocenters. The smallest absolute Gasteiger partial charge is 0.335 e. The van der Waals surface area contributed by atoms with E-state index in [0.29, 0.717) is 10.0 Å². The normalized spacial score (nSPS) is 9.73. The van der Waals surface area contributed by atoms with Gasteiger partial charge in [-0.05, 0) is 33.6 Å². The predicted molar refractivity (Wildman–Crippen MR) is 59.0 cm³/mol. The number of carboxylic acids is 1. The van der Waals surface area contributed by atoms with Crippen molar-refractivity contribution in [1.82, 2.24) is 0 Å². The maximum atomic E-state index is 10.7. The van der Waals surface area contributed by atoms with Crippen LogP contribution in [0.1, 0.15) is 5.56 Å². The fraction of sp³-hybridized carbons (Fsp3) is 0.100. The summed E-state index contributed by atoms with van der Waals surface area (Å²) in [7, 11) is 1.38. The van der Waals surface area contributed by atoms with Crippen LogP contribution in [-0.4, -0.2) is 23.3 Å². The zero-order valence-electron chi connectivity index (χ0n) is 7.95. The summed E-state index contributed by atoms with van der Waals surface area (Å²) in [4.78, 5) is 10.7. The van der Waals surface area contributed by atoms with E-state index in [1.54, 1.807) is 0 Å². The number of benzene rings is 1. The second-order valence-corrected chi connectivity index (χ2v) is 3.65. The molecule has 4 nitrogen and oxygen atoms in total. The van der Waals surface area contributed by atoms with E-state index in [1.807, 2.05) is 0 Å². The Balaban J connectivity index is 3.28. The number of aromatic hydroxyl groups is 1. The van der Waals surface area contributed by atoms with E-state index >= 15 is 0 Å². The van der Waals surface area contributed by atoms with Crippen LogP contribution in [0.15, 0.2) is 23.2 Å². The summed E-state index contributed by atoms with van der Waals surface area (Å²) in [5, 5.41) is 18.2. The lowest BCUT2D eigenvalue weighted by Crippen LogP contribution is -1.98. The zero-order chi connectivity index (χ0) is 11.6. The molecule has 0 amide bonds. The lowest BCUT2D eigenvalue weighted by molar-refractivity contribution is -0.130. The van der Waals surface area contributed by atoms with Crippen LogP contribution in [-0.2, 0) is 4.79 Å². The van der Waals surface area contributed by atoms with Gasteiger partial charge < -0.3 is 14.9 Å². The largest absolute Gasteiger partial charge is 0.503 e. The van der Waals surface area contributed by atoms with Crippen LogP contribution in [0.4, 0.5) is 0 Å². The molecule has 0 saturated heterocycles. The SMILES string of the molecule is C=C(C(=O)O)c1cc(Br)c(O)c(OC)c1. The van der Waals surface area contributed by atoms with E-state index in [9.17, 15) is 9.90 Å². The number of carboxylic acid groups (broad SMARTS) is 1. The Bertz CT molecular complexity index is 426. The molecule has 0 saturated carbocycles. The molecular weight excluding hydrogens is 264 g/mol. The fourth-order valence-corrected chi connectivity index (χ4v) is 1.47. The minimum atomic E-state index is -1.12. The van der Waals surface area contributed by atoms with Crippen LogP contribution in [0.5, 0.6) is 11.5 Å². The predicted octanol–water partition coefficient (Wildman–Crippen LogP) is 2.26. The van der Waals surface area contributed by atoms with Crippen molar-refractivity contribution < 1.29 is 19.7 Å². The lowest BCUT2D eigenvalue weighted by atomic mass is 10.1. The minimum Gasteiger partial charge on any atom is -0.503 e. The van der Waals surface area contributed by atoms with Crippen molar-refractivity contribution in [2.24, 2.45) is 0 Å². The molecule has 1 rings (SSSR count). The first kappa shape index (κ1) is 11.6. The quantitative estimate of drug-likeness (QED) is 0.829. The molecule has 0 unspecified atom stereocenters. The highest BCUT2D eigenvalue weighted by atomic mass is 79.9. The van der Waals surface area contributed by atoms with E-state index in [2.05, 4.69) is 22.5 Å². The molecule has 0 bridgehead atoms. The number of phenolic OH excluding ortho intramolecular Hbond substituents is 1. The van der Waals surface area contributed by atoms with Gasteiger partial charge in [-0.25, -0.2) is 4.79 Å². The summed E-state index contributed by atoms with van der Waals surface area (Å²) in [5.74, 6) is -0.990. The van der Waals surface area contributed by atoms with Crippen LogP contribution in [0.25, 0.3) is 5.57 Å². The Labute approximate surface area is 94.9 Å².